The third kappa shape index (κ3) is 4.04. The fourth-order valence-electron chi connectivity index (χ4n) is 2.94. The van der Waals surface area contributed by atoms with E-state index in [0.717, 1.165) is 24.5 Å². The summed E-state index contributed by atoms with van der Waals surface area (Å²) in [6.45, 7) is 3.06. The Morgan fingerprint density at radius 2 is 1.54 bits per heavy atom. The monoisotopic (exact) mass is 352 g/mol. The van der Waals surface area contributed by atoms with E-state index in [1.807, 2.05) is 24.3 Å². The fraction of sp³-hybridized carbons (Fsp3) is 0.333. The summed E-state index contributed by atoms with van der Waals surface area (Å²) in [5, 5.41) is 3.12. The van der Waals surface area contributed by atoms with Crippen LogP contribution in [0, 0.1) is 0 Å². The number of fused-ring (bicyclic) bond motifs is 1. The molecule has 0 aromatic heterocycles. The van der Waals surface area contributed by atoms with Gasteiger partial charge >= 0.3 is 0 Å². The Kier molecular flexibility index (Phi) is 5.89. The lowest BCUT2D eigenvalue weighted by molar-refractivity contribution is 0.0666. The van der Waals surface area contributed by atoms with Crippen LogP contribution in [-0.2, 0) is 0 Å². The van der Waals surface area contributed by atoms with Gasteiger partial charge in [-0.1, -0.05) is 38.3 Å². The third-order valence-corrected chi connectivity index (χ3v) is 4.44. The molecule has 0 fully saturated rings. The number of imide groups is 1. The van der Waals surface area contributed by atoms with Gasteiger partial charge in [0, 0.05) is 5.69 Å². The lowest BCUT2D eigenvalue weighted by Gasteiger charge is -2.16. The topological polar surface area (TPSA) is 58.6 Å². The highest BCUT2D eigenvalue weighted by Crippen LogP contribution is 2.23. The summed E-state index contributed by atoms with van der Waals surface area (Å²) in [4.78, 5) is 25.9. The molecule has 1 aliphatic rings. The molecule has 2 aromatic rings. The number of carbonyl (C=O) groups excluding carboxylic acids is 2. The van der Waals surface area contributed by atoms with E-state index in [0.29, 0.717) is 11.1 Å². The van der Waals surface area contributed by atoms with E-state index in [9.17, 15) is 9.59 Å². The molecule has 0 radical (unpaired) electrons. The highest BCUT2D eigenvalue weighted by molar-refractivity contribution is 6.21. The second-order valence-corrected chi connectivity index (χ2v) is 6.35. The molecule has 26 heavy (non-hydrogen) atoms. The summed E-state index contributed by atoms with van der Waals surface area (Å²) >= 11 is 0. The predicted molar refractivity (Wildman–Crippen MR) is 102 cm³/mol. The first kappa shape index (κ1) is 18.0. The zero-order valence-corrected chi connectivity index (χ0v) is 15.0. The Labute approximate surface area is 154 Å². The first-order chi connectivity index (χ1) is 12.7. The van der Waals surface area contributed by atoms with Crippen molar-refractivity contribution < 1.29 is 14.3 Å². The Morgan fingerprint density at radius 3 is 2.15 bits per heavy atom. The summed E-state index contributed by atoms with van der Waals surface area (Å²) in [7, 11) is 0. The van der Waals surface area contributed by atoms with E-state index in [-0.39, 0.29) is 18.5 Å². The standard InChI is InChI=1S/C21H24N2O3/c1-2-3-4-7-14-26-17-12-10-16(11-13-17)22-15-23-20(24)18-8-5-6-9-19(18)21(23)25/h5-6,8-13,22H,2-4,7,14-15H2,1H3. The van der Waals surface area contributed by atoms with Crippen molar-refractivity contribution >= 4 is 17.5 Å². The molecule has 0 bridgehead atoms. The van der Waals surface area contributed by atoms with Gasteiger partial charge in [0.15, 0.2) is 0 Å². The average Bonchev–Trinajstić information content (AvgIpc) is 2.92. The maximum Gasteiger partial charge on any atom is 0.263 e. The van der Waals surface area contributed by atoms with Crippen molar-refractivity contribution in [1.82, 2.24) is 4.90 Å². The molecule has 1 heterocycles. The van der Waals surface area contributed by atoms with Crippen LogP contribution in [0.2, 0.25) is 0 Å². The molecule has 0 atom stereocenters. The number of nitrogens with one attached hydrogen (secondary N) is 1. The number of hydrogen-bond donors (Lipinski definition) is 1. The molecule has 136 valence electrons. The first-order valence-electron chi connectivity index (χ1n) is 9.12. The van der Waals surface area contributed by atoms with E-state index in [1.165, 1.54) is 24.2 Å². The Bertz CT molecular complexity index is 736. The molecule has 0 saturated heterocycles. The maximum atomic E-state index is 12.3. The minimum absolute atomic E-state index is 0.142. The lowest BCUT2D eigenvalue weighted by atomic mass is 10.1. The number of unbranched alkanes of at least 4 members (excludes halogenated alkanes) is 3. The van der Waals surface area contributed by atoms with Crippen LogP contribution in [0.15, 0.2) is 48.5 Å². The molecule has 1 N–H and O–H groups in total. The number of hydrogen-bond acceptors (Lipinski definition) is 4. The molecule has 0 unspecified atom stereocenters. The molecule has 0 saturated carbocycles. The van der Waals surface area contributed by atoms with Gasteiger partial charge in [-0.3, -0.25) is 14.5 Å². The second-order valence-electron chi connectivity index (χ2n) is 6.35. The zero-order chi connectivity index (χ0) is 18.4. The summed E-state index contributed by atoms with van der Waals surface area (Å²) in [5.41, 5.74) is 1.76. The van der Waals surface area contributed by atoms with Crippen LogP contribution in [0.25, 0.3) is 0 Å². The van der Waals surface area contributed by atoms with Crippen molar-refractivity contribution in [1.29, 1.82) is 0 Å². The number of nitrogens with zero attached hydrogens (tertiary/aromatic N) is 1. The van der Waals surface area contributed by atoms with E-state index in [4.69, 9.17) is 4.74 Å². The van der Waals surface area contributed by atoms with Gasteiger partial charge in [-0.2, -0.15) is 0 Å². The van der Waals surface area contributed by atoms with Crippen molar-refractivity contribution in [3.63, 3.8) is 0 Å². The molecule has 2 aromatic carbocycles. The Balaban J connectivity index is 1.50. The smallest absolute Gasteiger partial charge is 0.263 e. The molecular weight excluding hydrogens is 328 g/mol. The highest BCUT2D eigenvalue weighted by Gasteiger charge is 2.34. The quantitative estimate of drug-likeness (QED) is 0.540. The summed E-state index contributed by atoms with van der Waals surface area (Å²) in [5.74, 6) is 0.308. The van der Waals surface area contributed by atoms with E-state index in [1.54, 1.807) is 24.3 Å². The van der Waals surface area contributed by atoms with Crippen LogP contribution in [-0.4, -0.2) is 30.0 Å². The molecular formula is C21H24N2O3. The summed E-state index contributed by atoms with van der Waals surface area (Å²) in [6, 6.07) is 14.5. The minimum atomic E-state index is -0.259. The van der Waals surface area contributed by atoms with Gasteiger partial charge in [-0.15, -0.1) is 0 Å². The number of amides is 2. The Morgan fingerprint density at radius 1 is 0.885 bits per heavy atom. The van der Waals surface area contributed by atoms with Crippen LogP contribution < -0.4 is 10.1 Å². The normalized spacial score (nSPS) is 13.0. The SMILES string of the molecule is CCCCCCOc1ccc(NCN2C(=O)c3ccccc3C2=O)cc1. The Hall–Kier alpha value is -2.82. The zero-order valence-electron chi connectivity index (χ0n) is 15.0. The lowest BCUT2D eigenvalue weighted by Crippen LogP contribution is -2.34. The van der Waals surface area contributed by atoms with Gasteiger partial charge < -0.3 is 10.1 Å². The molecule has 0 spiro atoms. The van der Waals surface area contributed by atoms with E-state index >= 15 is 0 Å². The molecule has 3 rings (SSSR count). The van der Waals surface area contributed by atoms with Crippen LogP contribution >= 0.6 is 0 Å². The largest absolute Gasteiger partial charge is 0.494 e. The number of anilines is 1. The molecule has 5 nitrogen and oxygen atoms in total. The van der Waals surface area contributed by atoms with Gasteiger partial charge in [0.05, 0.1) is 24.4 Å². The van der Waals surface area contributed by atoms with Crippen molar-refractivity contribution in [3.05, 3.63) is 59.7 Å². The van der Waals surface area contributed by atoms with Crippen LogP contribution in [0.3, 0.4) is 0 Å². The molecule has 5 heteroatoms. The van der Waals surface area contributed by atoms with E-state index < -0.39 is 0 Å². The molecule has 0 aliphatic carbocycles. The third-order valence-electron chi connectivity index (χ3n) is 4.44. The number of rotatable bonds is 9. The first-order valence-corrected chi connectivity index (χ1v) is 9.12. The second kappa shape index (κ2) is 8.52. The predicted octanol–water partition coefficient (Wildman–Crippen LogP) is 4.31. The van der Waals surface area contributed by atoms with Gasteiger partial charge in [0.25, 0.3) is 11.8 Å². The molecule has 1 aliphatic heterocycles. The van der Waals surface area contributed by atoms with Gasteiger partial charge in [-0.05, 0) is 42.8 Å². The summed E-state index contributed by atoms with van der Waals surface area (Å²) in [6.07, 6.45) is 4.71. The molecule has 2 amide bonds. The number of carbonyl (C=O) groups is 2. The number of benzene rings is 2. The van der Waals surface area contributed by atoms with Gasteiger partial charge in [-0.25, -0.2) is 0 Å². The van der Waals surface area contributed by atoms with Crippen LogP contribution in [0.4, 0.5) is 5.69 Å². The van der Waals surface area contributed by atoms with Crippen LogP contribution in [0.5, 0.6) is 5.75 Å². The van der Waals surface area contributed by atoms with Crippen molar-refractivity contribution in [3.8, 4) is 5.75 Å². The van der Waals surface area contributed by atoms with Crippen molar-refractivity contribution in [2.75, 3.05) is 18.6 Å². The number of ether oxygens (including phenoxy) is 1. The van der Waals surface area contributed by atoms with Crippen molar-refractivity contribution in [2.45, 2.75) is 32.6 Å². The van der Waals surface area contributed by atoms with Gasteiger partial charge in [0.1, 0.15) is 5.75 Å². The van der Waals surface area contributed by atoms with E-state index in [2.05, 4.69) is 12.2 Å². The maximum absolute atomic E-state index is 12.3. The fourth-order valence-corrected chi connectivity index (χ4v) is 2.94. The summed E-state index contributed by atoms with van der Waals surface area (Å²) < 4.78 is 5.72. The average molecular weight is 352 g/mol. The van der Waals surface area contributed by atoms with Gasteiger partial charge in [0.2, 0.25) is 0 Å². The minimum Gasteiger partial charge on any atom is -0.494 e. The van der Waals surface area contributed by atoms with Crippen molar-refractivity contribution in [2.24, 2.45) is 0 Å². The highest BCUT2D eigenvalue weighted by atomic mass is 16.5. The van der Waals surface area contributed by atoms with Crippen LogP contribution in [0.1, 0.15) is 53.3 Å².